The summed E-state index contributed by atoms with van der Waals surface area (Å²) >= 11 is 8.86. The van der Waals surface area contributed by atoms with Crippen LogP contribution in [0.15, 0.2) is 32.1 Å². The van der Waals surface area contributed by atoms with Crippen LogP contribution in [0.4, 0.5) is 5.69 Å². The largest absolute Gasteiger partial charge is 0.334 e. The Hall–Kier alpha value is -0.000000000000000111. The van der Waals surface area contributed by atoms with E-state index < -0.39 is 0 Å². The summed E-state index contributed by atoms with van der Waals surface area (Å²) in [6, 6.07) is 6.11. The molecule has 1 heterocycles. The van der Waals surface area contributed by atoms with Crippen LogP contribution in [0, 0.1) is 5.92 Å². The molecule has 1 aliphatic heterocycles. The first kappa shape index (κ1) is 14.4. The molecule has 1 aliphatic rings. The third-order valence-electron chi connectivity index (χ3n) is 2.62. The van der Waals surface area contributed by atoms with Crippen molar-refractivity contribution in [2.45, 2.75) is 25.5 Å². The second kappa shape index (κ2) is 6.44. The Labute approximate surface area is 129 Å². The second-order valence-corrected chi connectivity index (χ2v) is 7.82. The van der Waals surface area contributed by atoms with Gasteiger partial charge in [0.2, 0.25) is 0 Å². The lowest BCUT2D eigenvalue weighted by molar-refractivity contribution is 0.575. The van der Waals surface area contributed by atoms with Gasteiger partial charge in [-0.25, -0.2) is 0 Å². The first-order valence-electron chi connectivity index (χ1n) is 5.98. The van der Waals surface area contributed by atoms with Crippen molar-refractivity contribution < 1.29 is 0 Å². The van der Waals surface area contributed by atoms with Gasteiger partial charge in [0.15, 0.2) is 5.17 Å². The number of rotatable bonds is 3. The highest BCUT2D eigenvalue weighted by Crippen LogP contribution is 2.31. The molecule has 1 atom stereocenters. The van der Waals surface area contributed by atoms with E-state index in [1.807, 2.05) is 30.0 Å². The van der Waals surface area contributed by atoms with Gasteiger partial charge >= 0.3 is 0 Å². The minimum absolute atomic E-state index is 0.627. The number of benzene rings is 1. The fourth-order valence-electron chi connectivity index (χ4n) is 1.84. The van der Waals surface area contributed by atoms with Crippen molar-refractivity contribution in [3.8, 4) is 0 Å². The van der Waals surface area contributed by atoms with Crippen LogP contribution in [-0.2, 0) is 0 Å². The summed E-state index contributed by atoms with van der Waals surface area (Å²) in [5.74, 6) is 0.733. The minimum atomic E-state index is 0.627. The summed E-state index contributed by atoms with van der Waals surface area (Å²) in [6.07, 6.45) is 1.22. The van der Waals surface area contributed by atoms with Crippen molar-refractivity contribution in [3.05, 3.63) is 27.1 Å². The highest BCUT2D eigenvalue weighted by molar-refractivity contribution is 9.11. The molecule has 0 spiro atoms. The van der Waals surface area contributed by atoms with Gasteiger partial charge in [0.05, 0.1) is 12.2 Å². The zero-order valence-corrected chi connectivity index (χ0v) is 14.4. The first-order chi connectivity index (χ1) is 8.54. The van der Waals surface area contributed by atoms with Crippen LogP contribution in [0.25, 0.3) is 0 Å². The van der Waals surface area contributed by atoms with Gasteiger partial charge in [-0.2, -0.15) is 0 Å². The molecule has 1 aromatic rings. The molecule has 2 nitrogen and oxygen atoms in total. The zero-order valence-electron chi connectivity index (χ0n) is 10.4. The van der Waals surface area contributed by atoms with E-state index in [0.717, 1.165) is 32.3 Å². The summed E-state index contributed by atoms with van der Waals surface area (Å²) in [5, 5.41) is 5.04. The molecule has 0 radical (unpaired) electrons. The molecule has 0 aliphatic carbocycles. The molecule has 5 heteroatoms. The molecule has 0 amide bonds. The number of nitrogens with one attached hydrogen (secondary N) is 1. The van der Waals surface area contributed by atoms with Crippen molar-refractivity contribution in [2.75, 3.05) is 11.9 Å². The van der Waals surface area contributed by atoms with Crippen molar-refractivity contribution in [1.29, 1.82) is 0 Å². The van der Waals surface area contributed by atoms with Gasteiger partial charge in [0.25, 0.3) is 0 Å². The second-order valence-electron chi connectivity index (χ2n) is 4.76. The van der Waals surface area contributed by atoms with E-state index in [0.29, 0.717) is 5.25 Å². The van der Waals surface area contributed by atoms with E-state index in [4.69, 9.17) is 0 Å². The lowest BCUT2D eigenvalue weighted by Gasteiger charge is -2.12. The van der Waals surface area contributed by atoms with Crippen molar-refractivity contribution >= 4 is 54.5 Å². The number of halogens is 2. The standard InChI is InChI=1S/C13H16Br2N2S/c1-8(2)5-10-7-16-13(18-10)17-12-4-3-9(14)6-11(12)15/h3-4,6,8,10H,5,7H2,1-2H3,(H,16,17). The normalized spacial score (nSPS) is 19.2. The molecule has 2 rings (SSSR count). The van der Waals surface area contributed by atoms with E-state index in [9.17, 15) is 0 Å². The molecule has 0 fully saturated rings. The molecular weight excluding hydrogens is 376 g/mol. The van der Waals surface area contributed by atoms with Gasteiger partial charge < -0.3 is 5.32 Å². The minimum Gasteiger partial charge on any atom is -0.334 e. The Morgan fingerprint density at radius 3 is 2.89 bits per heavy atom. The van der Waals surface area contributed by atoms with E-state index >= 15 is 0 Å². The smallest absolute Gasteiger partial charge is 0.161 e. The van der Waals surface area contributed by atoms with E-state index in [1.165, 1.54) is 6.42 Å². The molecule has 0 bridgehead atoms. The predicted octanol–water partition coefficient (Wildman–Crippen LogP) is 5.14. The van der Waals surface area contributed by atoms with Crippen LogP contribution in [0.5, 0.6) is 0 Å². The van der Waals surface area contributed by atoms with Crippen molar-refractivity contribution in [2.24, 2.45) is 10.9 Å². The lowest BCUT2D eigenvalue weighted by Crippen LogP contribution is -2.09. The Morgan fingerprint density at radius 2 is 2.22 bits per heavy atom. The lowest BCUT2D eigenvalue weighted by atomic mass is 10.1. The molecule has 0 saturated heterocycles. The monoisotopic (exact) mass is 390 g/mol. The third kappa shape index (κ3) is 4.00. The van der Waals surface area contributed by atoms with Gasteiger partial charge in [0, 0.05) is 14.2 Å². The van der Waals surface area contributed by atoms with Gasteiger partial charge in [-0.1, -0.05) is 41.5 Å². The van der Waals surface area contributed by atoms with Crippen molar-refractivity contribution in [3.63, 3.8) is 0 Å². The molecule has 98 valence electrons. The number of thioether (sulfide) groups is 1. The van der Waals surface area contributed by atoms with Gasteiger partial charge in [-0.15, -0.1) is 0 Å². The van der Waals surface area contributed by atoms with Crippen LogP contribution in [0.3, 0.4) is 0 Å². The average molecular weight is 392 g/mol. The number of anilines is 1. The summed E-state index contributed by atoms with van der Waals surface area (Å²) in [6.45, 7) is 5.45. The van der Waals surface area contributed by atoms with E-state index in [-0.39, 0.29) is 0 Å². The summed E-state index contributed by atoms with van der Waals surface area (Å²) in [4.78, 5) is 4.56. The van der Waals surface area contributed by atoms with Gasteiger partial charge in [0.1, 0.15) is 0 Å². The number of nitrogens with zero attached hydrogens (tertiary/aromatic N) is 1. The number of amidine groups is 1. The maximum absolute atomic E-state index is 4.56. The maximum Gasteiger partial charge on any atom is 0.161 e. The van der Waals surface area contributed by atoms with Crippen LogP contribution in [0.1, 0.15) is 20.3 Å². The maximum atomic E-state index is 4.56. The Kier molecular flexibility index (Phi) is 5.15. The van der Waals surface area contributed by atoms with Gasteiger partial charge in [-0.05, 0) is 46.5 Å². The SMILES string of the molecule is CC(C)CC1CN=C(Nc2ccc(Br)cc2Br)S1. The molecular formula is C13H16Br2N2S. The fraction of sp³-hybridized carbons (Fsp3) is 0.462. The topological polar surface area (TPSA) is 24.4 Å². The van der Waals surface area contributed by atoms with Crippen LogP contribution >= 0.6 is 43.6 Å². The number of hydrogen-bond donors (Lipinski definition) is 1. The number of aliphatic imine (C=N–C) groups is 1. The quantitative estimate of drug-likeness (QED) is 0.771. The summed E-state index contributed by atoms with van der Waals surface area (Å²) in [5.41, 5.74) is 1.06. The zero-order chi connectivity index (χ0) is 13.1. The third-order valence-corrected chi connectivity index (χ3v) is 4.90. The fourth-order valence-corrected chi connectivity index (χ4v) is 4.25. The molecule has 18 heavy (non-hydrogen) atoms. The predicted molar refractivity (Wildman–Crippen MR) is 88.6 cm³/mol. The van der Waals surface area contributed by atoms with E-state index in [1.54, 1.807) is 0 Å². The van der Waals surface area contributed by atoms with Crippen LogP contribution in [0.2, 0.25) is 0 Å². The Morgan fingerprint density at radius 1 is 1.44 bits per heavy atom. The van der Waals surface area contributed by atoms with Gasteiger partial charge in [-0.3, -0.25) is 4.99 Å². The molecule has 1 aromatic carbocycles. The highest BCUT2D eigenvalue weighted by Gasteiger charge is 2.20. The Balaban J connectivity index is 1.95. The molecule has 0 aromatic heterocycles. The van der Waals surface area contributed by atoms with E-state index in [2.05, 4.69) is 56.0 Å². The van der Waals surface area contributed by atoms with Crippen LogP contribution < -0.4 is 5.32 Å². The van der Waals surface area contributed by atoms with Crippen molar-refractivity contribution in [1.82, 2.24) is 0 Å². The molecule has 1 N–H and O–H groups in total. The van der Waals surface area contributed by atoms with Crippen LogP contribution in [-0.4, -0.2) is 17.0 Å². The summed E-state index contributed by atoms with van der Waals surface area (Å²) in [7, 11) is 0. The molecule has 1 unspecified atom stereocenters. The Bertz CT molecular complexity index is 460. The summed E-state index contributed by atoms with van der Waals surface area (Å²) < 4.78 is 2.12. The number of hydrogen-bond acceptors (Lipinski definition) is 3. The highest BCUT2D eigenvalue weighted by atomic mass is 79.9. The molecule has 0 saturated carbocycles. The first-order valence-corrected chi connectivity index (χ1v) is 8.44. The average Bonchev–Trinajstić information content (AvgIpc) is 2.69.